The standard InChI is InChI=1S/C19H18BrN7O2/c20-15-2-1-3-16(24-15)25-19(29)14-5-10-4-13(10)27(14)17(28)8-26-7-12(21)11-6-22-9-23-18(11)26/h1-3,6-7,9-10,13-14H,4-5,8,21H2,(H,24,25,29)/t10-,13?,14+/m1/s1. The van der Waals surface area contributed by atoms with E-state index >= 15 is 0 Å². The lowest BCUT2D eigenvalue weighted by Gasteiger charge is -2.27. The molecule has 1 saturated heterocycles. The minimum atomic E-state index is -0.499. The molecule has 5 rings (SSSR count). The molecule has 1 aliphatic carbocycles. The number of pyridine rings is 1. The molecule has 9 nitrogen and oxygen atoms in total. The molecule has 1 saturated carbocycles. The van der Waals surface area contributed by atoms with Gasteiger partial charge in [-0.25, -0.2) is 15.0 Å². The number of nitrogen functional groups attached to an aromatic ring is 1. The summed E-state index contributed by atoms with van der Waals surface area (Å²) >= 11 is 3.30. The van der Waals surface area contributed by atoms with Gasteiger partial charge >= 0.3 is 0 Å². The van der Waals surface area contributed by atoms with Gasteiger partial charge in [0, 0.05) is 18.4 Å². The number of anilines is 2. The number of amides is 2. The van der Waals surface area contributed by atoms with Crippen molar-refractivity contribution in [1.29, 1.82) is 0 Å². The van der Waals surface area contributed by atoms with Crippen LogP contribution >= 0.6 is 15.9 Å². The Morgan fingerprint density at radius 3 is 3.00 bits per heavy atom. The SMILES string of the molecule is Nc1cn(CC(=O)N2C3C[C@@H]3C[C@H]2C(=O)Nc2cccc(Br)n2)c2ncncc12. The van der Waals surface area contributed by atoms with Crippen LogP contribution in [0, 0.1) is 5.92 Å². The highest BCUT2D eigenvalue weighted by molar-refractivity contribution is 9.10. The lowest BCUT2D eigenvalue weighted by atomic mass is 10.1. The molecule has 2 amide bonds. The van der Waals surface area contributed by atoms with Crippen molar-refractivity contribution >= 4 is 50.3 Å². The first kappa shape index (κ1) is 18.0. The fourth-order valence-corrected chi connectivity index (χ4v) is 4.48. The number of aromatic nitrogens is 4. The fourth-order valence-electron chi connectivity index (χ4n) is 4.14. The maximum absolute atomic E-state index is 13.1. The van der Waals surface area contributed by atoms with Crippen LogP contribution in [-0.4, -0.2) is 48.3 Å². The van der Waals surface area contributed by atoms with Crippen LogP contribution in [0.1, 0.15) is 12.8 Å². The summed E-state index contributed by atoms with van der Waals surface area (Å²) in [6.07, 6.45) is 6.37. The number of fused-ring (bicyclic) bond motifs is 2. The Kier molecular flexibility index (Phi) is 4.23. The van der Waals surface area contributed by atoms with Crippen LogP contribution in [0.5, 0.6) is 0 Å². The molecule has 1 aliphatic heterocycles. The molecular formula is C19H18BrN7O2. The summed E-state index contributed by atoms with van der Waals surface area (Å²) in [6, 6.07) is 4.93. The third-order valence-electron chi connectivity index (χ3n) is 5.54. The maximum atomic E-state index is 13.1. The van der Waals surface area contributed by atoms with Crippen LogP contribution in [0.15, 0.2) is 41.5 Å². The van der Waals surface area contributed by atoms with Crippen molar-refractivity contribution in [1.82, 2.24) is 24.4 Å². The lowest BCUT2D eigenvalue weighted by molar-refractivity contribution is -0.138. The van der Waals surface area contributed by atoms with E-state index in [1.165, 1.54) is 6.33 Å². The molecule has 3 atom stereocenters. The third-order valence-corrected chi connectivity index (χ3v) is 5.98. The first-order valence-corrected chi connectivity index (χ1v) is 10.1. The van der Waals surface area contributed by atoms with Crippen molar-refractivity contribution in [3.8, 4) is 0 Å². The number of piperidine rings is 1. The van der Waals surface area contributed by atoms with Gasteiger partial charge in [0.15, 0.2) is 0 Å². The molecule has 0 aromatic carbocycles. The summed E-state index contributed by atoms with van der Waals surface area (Å²) in [7, 11) is 0. The van der Waals surface area contributed by atoms with E-state index in [0.717, 1.165) is 6.42 Å². The van der Waals surface area contributed by atoms with E-state index in [9.17, 15) is 9.59 Å². The number of hydrogen-bond donors (Lipinski definition) is 2. The smallest absolute Gasteiger partial charge is 0.248 e. The highest BCUT2D eigenvalue weighted by Crippen LogP contribution is 2.48. The third kappa shape index (κ3) is 3.23. The van der Waals surface area contributed by atoms with Gasteiger partial charge in [0.05, 0.1) is 11.1 Å². The van der Waals surface area contributed by atoms with Crippen LogP contribution in [-0.2, 0) is 16.1 Å². The van der Waals surface area contributed by atoms with Crippen LogP contribution < -0.4 is 11.1 Å². The molecule has 10 heteroatoms. The second-order valence-corrected chi connectivity index (χ2v) is 8.24. The van der Waals surface area contributed by atoms with Crippen LogP contribution in [0.3, 0.4) is 0 Å². The van der Waals surface area contributed by atoms with E-state index in [2.05, 4.69) is 36.2 Å². The summed E-state index contributed by atoms with van der Waals surface area (Å²) in [5.74, 6) is 0.514. The van der Waals surface area contributed by atoms with Crippen molar-refractivity contribution in [2.24, 2.45) is 5.92 Å². The molecule has 148 valence electrons. The molecule has 3 N–H and O–H groups in total. The van der Waals surface area contributed by atoms with Crippen molar-refractivity contribution in [2.45, 2.75) is 31.5 Å². The highest BCUT2D eigenvalue weighted by atomic mass is 79.9. The number of hydrogen-bond acceptors (Lipinski definition) is 6. The molecule has 3 aromatic rings. The van der Waals surface area contributed by atoms with E-state index in [4.69, 9.17) is 5.73 Å². The number of carbonyl (C=O) groups is 2. The van der Waals surface area contributed by atoms with Gasteiger partial charge in [-0.1, -0.05) is 6.07 Å². The largest absolute Gasteiger partial charge is 0.397 e. The average Bonchev–Trinajstić information content (AvgIpc) is 3.24. The molecule has 3 aromatic heterocycles. The van der Waals surface area contributed by atoms with Gasteiger partial charge < -0.3 is 20.5 Å². The monoisotopic (exact) mass is 455 g/mol. The first-order valence-electron chi connectivity index (χ1n) is 9.30. The summed E-state index contributed by atoms with van der Waals surface area (Å²) < 4.78 is 2.35. The molecule has 29 heavy (non-hydrogen) atoms. The van der Waals surface area contributed by atoms with Gasteiger partial charge in [-0.15, -0.1) is 0 Å². The van der Waals surface area contributed by atoms with Gasteiger partial charge in [0.25, 0.3) is 0 Å². The van der Waals surface area contributed by atoms with Gasteiger partial charge in [-0.05, 0) is 46.8 Å². The van der Waals surface area contributed by atoms with Crippen LogP contribution in [0.4, 0.5) is 11.5 Å². The van der Waals surface area contributed by atoms with Gasteiger partial charge in [0.1, 0.15) is 35.0 Å². The minimum Gasteiger partial charge on any atom is -0.397 e. The van der Waals surface area contributed by atoms with Crippen LogP contribution in [0.25, 0.3) is 11.0 Å². The predicted octanol–water partition coefficient (Wildman–Crippen LogP) is 1.80. The molecule has 0 spiro atoms. The Hall–Kier alpha value is -3.01. The number of nitrogens with zero attached hydrogens (tertiary/aromatic N) is 5. The summed E-state index contributed by atoms with van der Waals surface area (Å²) in [5, 5.41) is 3.54. The maximum Gasteiger partial charge on any atom is 0.248 e. The molecule has 2 aliphatic rings. The predicted molar refractivity (Wildman–Crippen MR) is 110 cm³/mol. The Bertz CT molecular complexity index is 1130. The lowest BCUT2D eigenvalue weighted by Crippen LogP contribution is -2.46. The first-order chi connectivity index (χ1) is 14.0. The van der Waals surface area contributed by atoms with Gasteiger partial charge in [-0.2, -0.15) is 0 Å². The van der Waals surface area contributed by atoms with Crippen molar-refractivity contribution in [3.63, 3.8) is 0 Å². The molecule has 1 unspecified atom stereocenters. The number of rotatable bonds is 4. The molecular weight excluding hydrogens is 438 g/mol. The Morgan fingerprint density at radius 2 is 2.17 bits per heavy atom. The summed E-state index contributed by atoms with van der Waals surface area (Å²) in [5.41, 5.74) is 7.15. The van der Waals surface area contributed by atoms with Gasteiger partial charge in [0.2, 0.25) is 11.8 Å². The van der Waals surface area contributed by atoms with E-state index in [1.54, 1.807) is 40.1 Å². The Labute approximate surface area is 174 Å². The Morgan fingerprint density at radius 1 is 1.31 bits per heavy atom. The van der Waals surface area contributed by atoms with Gasteiger partial charge in [-0.3, -0.25) is 9.59 Å². The summed E-state index contributed by atoms with van der Waals surface area (Å²) in [6.45, 7) is 0.0762. The average molecular weight is 456 g/mol. The Balaban J connectivity index is 1.36. The van der Waals surface area contributed by atoms with Crippen molar-refractivity contribution in [3.05, 3.63) is 41.5 Å². The molecule has 0 bridgehead atoms. The zero-order valence-corrected chi connectivity index (χ0v) is 16.9. The minimum absolute atomic E-state index is 0.0762. The highest BCUT2D eigenvalue weighted by Gasteiger charge is 2.56. The number of likely N-dealkylation sites (tertiary alicyclic amines) is 1. The van der Waals surface area contributed by atoms with Crippen molar-refractivity contribution in [2.75, 3.05) is 11.1 Å². The summed E-state index contributed by atoms with van der Waals surface area (Å²) in [4.78, 5) is 40.2. The molecule has 2 fully saturated rings. The number of carbonyl (C=O) groups excluding carboxylic acids is 2. The van der Waals surface area contributed by atoms with E-state index in [-0.39, 0.29) is 24.4 Å². The van der Waals surface area contributed by atoms with Crippen LogP contribution in [0.2, 0.25) is 0 Å². The zero-order valence-electron chi connectivity index (χ0n) is 15.3. The molecule has 4 heterocycles. The molecule has 0 radical (unpaired) electrons. The van der Waals surface area contributed by atoms with E-state index in [0.29, 0.717) is 39.5 Å². The second kappa shape index (κ2) is 6.80. The second-order valence-electron chi connectivity index (χ2n) is 7.42. The number of nitrogens with one attached hydrogen (secondary N) is 1. The normalized spacial score (nSPS) is 22.5. The van der Waals surface area contributed by atoms with Crippen molar-refractivity contribution < 1.29 is 9.59 Å². The zero-order chi connectivity index (χ0) is 20.1. The number of halogens is 1. The fraction of sp³-hybridized carbons (Fsp3) is 0.316. The van der Waals surface area contributed by atoms with E-state index in [1.807, 2.05) is 0 Å². The number of nitrogens with two attached hydrogens (primary N) is 1. The topological polar surface area (TPSA) is 119 Å². The van der Waals surface area contributed by atoms with E-state index < -0.39 is 6.04 Å². The quantitative estimate of drug-likeness (QED) is 0.578.